The second-order valence-electron chi connectivity index (χ2n) is 4.93. The Morgan fingerprint density at radius 3 is 3.06 bits per heavy atom. The van der Waals surface area contributed by atoms with Gasteiger partial charge in [-0.25, -0.2) is 0 Å². The number of halogens is 1. The van der Waals surface area contributed by atoms with E-state index in [9.17, 15) is 4.79 Å². The Bertz CT molecular complexity index is 276. The van der Waals surface area contributed by atoms with Gasteiger partial charge in [0.1, 0.15) is 6.04 Å². The van der Waals surface area contributed by atoms with E-state index in [1.165, 1.54) is 0 Å². The van der Waals surface area contributed by atoms with Crippen LogP contribution in [0.2, 0.25) is 0 Å². The monoisotopic (exact) mass is 278 g/mol. The Balaban J connectivity index is 0.00000162. The molecule has 0 bridgehead atoms. The molecule has 2 N–H and O–H groups in total. The zero-order valence-electron chi connectivity index (χ0n) is 10.8. The zero-order valence-corrected chi connectivity index (χ0v) is 11.7. The fourth-order valence-electron chi connectivity index (χ4n) is 2.90. The molecule has 0 aromatic carbocycles. The van der Waals surface area contributed by atoms with Crippen molar-refractivity contribution in [2.24, 2.45) is 11.7 Å². The first-order valence-electron chi connectivity index (χ1n) is 6.36. The molecule has 3 atom stereocenters. The fraction of sp³-hybridized carbons (Fsp3) is 0.917. The predicted molar refractivity (Wildman–Crippen MR) is 70.8 cm³/mol. The van der Waals surface area contributed by atoms with Gasteiger partial charge in [0, 0.05) is 32.2 Å². The molecule has 2 fully saturated rings. The van der Waals surface area contributed by atoms with Crippen LogP contribution in [0.5, 0.6) is 0 Å². The highest BCUT2D eigenvalue weighted by Gasteiger charge is 2.37. The molecular weight excluding hydrogens is 256 g/mol. The third-order valence-corrected chi connectivity index (χ3v) is 3.75. The first kappa shape index (κ1) is 15.7. The lowest BCUT2D eigenvalue weighted by atomic mass is 9.86. The molecule has 2 heterocycles. The van der Waals surface area contributed by atoms with Crippen LogP contribution < -0.4 is 5.73 Å². The summed E-state index contributed by atoms with van der Waals surface area (Å²) in [5.41, 5.74) is 5.83. The van der Waals surface area contributed by atoms with E-state index in [2.05, 4.69) is 0 Å². The van der Waals surface area contributed by atoms with Crippen molar-refractivity contribution < 1.29 is 14.3 Å². The molecule has 6 heteroatoms. The van der Waals surface area contributed by atoms with Gasteiger partial charge in [-0.3, -0.25) is 4.79 Å². The van der Waals surface area contributed by atoms with Crippen molar-refractivity contribution in [1.82, 2.24) is 4.90 Å². The van der Waals surface area contributed by atoms with Gasteiger partial charge in [-0.1, -0.05) is 0 Å². The van der Waals surface area contributed by atoms with E-state index in [0.29, 0.717) is 18.6 Å². The third-order valence-electron chi connectivity index (χ3n) is 3.75. The van der Waals surface area contributed by atoms with Crippen LogP contribution >= 0.6 is 12.4 Å². The van der Waals surface area contributed by atoms with E-state index < -0.39 is 6.04 Å². The van der Waals surface area contributed by atoms with Crippen LogP contribution in [0.4, 0.5) is 0 Å². The lowest BCUT2D eigenvalue weighted by Crippen LogP contribution is -2.57. The van der Waals surface area contributed by atoms with E-state index in [4.69, 9.17) is 15.2 Å². The summed E-state index contributed by atoms with van der Waals surface area (Å²) in [4.78, 5) is 14.2. The minimum Gasteiger partial charge on any atom is -0.383 e. The van der Waals surface area contributed by atoms with Crippen molar-refractivity contribution in [1.29, 1.82) is 0 Å². The molecule has 18 heavy (non-hydrogen) atoms. The molecule has 0 saturated carbocycles. The molecule has 2 rings (SSSR count). The van der Waals surface area contributed by atoms with Crippen molar-refractivity contribution in [3.63, 3.8) is 0 Å². The number of rotatable bonds is 3. The molecule has 0 aromatic heterocycles. The summed E-state index contributed by atoms with van der Waals surface area (Å²) in [7, 11) is 1.57. The topological polar surface area (TPSA) is 64.8 Å². The number of amides is 1. The summed E-state index contributed by atoms with van der Waals surface area (Å²) in [6, 6.07) is -0.200. The summed E-state index contributed by atoms with van der Waals surface area (Å²) in [5.74, 6) is 0.527. The highest BCUT2D eigenvalue weighted by molar-refractivity contribution is 5.85. The van der Waals surface area contributed by atoms with Crippen molar-refractivity contribution in [3.8, 4) is 0 Å². The fourth-order valence-corrected chi connectivity index (χ4v) is 2.90. The standard InChI is InChI=1S/C12H22N2O3.ClH/c1-16-8-10(13)12(15)14-5-2-3-9-7-17-6-4-11(9)14;/h9-11H,2-8,13H2,1H3;1H. The van der Waals surface area contributed by atoms with Crippen LogP contribution in [0.3, 0.4) is 0 Å². The summed E-state index contributed by atoms with van der Waals surface area (Å²) >= 11 is 0. The van der Waals surface area contributed by atoms with E-state index in [0.717, 1.165) is 39.0 Å². The molecule has 2 saturated heterocycles. The Hall–Kier alpha value is -0.360. The van der Waals surface area contributed by atoms with Gasteiger partial charge in [-0.15, -0.1) is 12.4 Å². The average molecular weight is 279 g/mol. The number of methoxy groups -OCH3 is 1. The maximum atomic E-state index is 12.2. The van der Waals surface area contributed by atoms with Gasteiger partial charge in [0.15, 0.2) is 0 Å². The van der Waals surface area contributed by atoms with Crippen LogP contribution in [0.25, 0.3) is 0 Å². The Kier molecular flexibility index (Phi) is 6.35. The summed E-state index contributed by atoms with van der Waals surface area (Å²) in [6.07, 6.45) is 3.15. The number of fused-ring (bicyclic) bond motifs is 1. The molecule has 0 spiro atoms. The van der Waals surface area contributed by atoms with E-state index in [1.54, 1.807) is 7.11 Å². The number of nitrogens with zero attached hydrogens (tertiary/aromatic N) is 1. The number of likely N-dealkylation sites (tertiary alicyclic amines) is 1. The van der Waals surface area contributed by atoms with E-state index in [-0.39, 0.29) is 18.3 Å². The number of piperidine rings is 1. The summed E-state index contributed by atoms with van der Waals surface area (Å²) in [6.45, 7) is 2.67. The first-order valence-corrected chi connectivity index (χ1v) is 6.36. The van der Waals surface area contributed by atoms with Crippen molar-refractivity contribution >= 4 is 18.3 Å². The Labute approximate surface area is 114 Å². The van der Waals surface area contributed by atoms with Gasteiger partial charge in [-0.2, -0.15) is 0 Å². The summed E-state index contributed by atoms with van der Waals surface area (Å²) < 4.78 is 10.4. The highest BCUT2D eigenvalue weighted by Crippen LogP contribution is 2.29. The molecule has 1 amide bonds. The average Bonchev–Trinajstić information content (AvgIpc) is 2.37. The largest absolute Gasteiger partial charge is 0.383 e. The highest BCUT2D eigenvalue weighted by atomic mass is 35.5. The zero-order chi connectivity index (χ0) is 12.3. The molecule has 106 valence electrons. The van der Waals surface area contributed by atoms with Gasteiger partial charge in [0.2, 0.25) is 5.91 Å². The number of hydrogen-bond donors (Lipinski definition) is 1. The van der Waals surface area contributed by atoms with Crippen molar-refractivity contribution in [2.75, 3.05) is 33.5 Å². The molecule has 0 aromatic rings. The molecule has 5 nitrogen and oxygen atoms in total. The van der Waals surface area contributed by atoms with Gasteiger partial charge >= 0.3 is 0 Å². The minimum absolute atomic E-state index is 0. The van der Waals surface area contributed by atoms with Crippen LogP contribution in [0.15, 0.2) is 0 Å². The van der Waals surface area contributed by atoms with Crippen molar-refractivity contribution in [3.05, 3.63) is 0 Å². The lowest BCUT2D eigenvalue weighted by Gasteiger charge is -2.44. The Morgan fingerprint density at radius 2 is 2.33 bits per heavy atom. The predicted octanol–water partition coefficient (Wildman–Crippen LogP) is 0.409. The van der Waals surface area contributed by atoms with E-state index >= 15 is 0 Å². The molecule has 2 aliphatic heterocycles. The van der Waals surface area contributed by atoms with Crippen LogP contribution in [-0.4, -0.2) is 56.4 Å². The third kappa shape index (κ3) is 3.35. The number of hydrogen-bond acceptors (Lipinski definition) is 4. The van der Waals surface area contributed by atoms with Crippen LogP contribution in [0, 0.1) is 5.92 Å². The number of carbonyl (C=O) groups is 1. The second kappa shape index (κ2) is 7.28. The van der Waals surface area contributed by atoms with Crippen molar-refractivity contribution in [2.45, 2.75) is 31.3 Å². The Morgan fingerprint density at radius 1 is 1.56 bits per heavy atom. The SMILES string of the molecule is COCC(N)C(=O)N1CCCC2COCCC21.Cl. The lowest BCUT2D eigenvalue weighted by molar-refractivity contribution is -0.143. The van der Waals surface area contributed by atoms with E-state index in [1.807, 2.05) is 4.90 Å². The smallest absolute Gasteiger partial charge is 0.242 e. The quantitative estimate of drug-likeness (QED) is 0.812. The second-order valence-corrected chi connectivity index (χ2v) is 4.93. The normalized spacial score (nSPS) is 29.1. The minimum atomic E-state index is -0.526. The number of nitrogens with two attached hydrogens (primary N) is 1. The molecule has 2 aliphatic rings. The molecule has 3 unspecified atom stereocenters. The maximum Gasteiger partial charge on any atom is 0.242 e. The van der Waals surface area contributed by atoms with Crippen LogP contribution in [-0.2, 0) is 14.3 Å². The van der Waals surface area contributed by atoms with Gasteiger partial charge in [0.05, 0.1) is 13.2 Å². The van der Waals surface area contributed by atoms with Gasteiger partial charge in [0.25, 0.3) is 0 Å². The summed E-state index contributed by atoms with van der Waals surface area (Å²) in [5, 5.41) is 0. The molecule has 0 aliphatic carbocycles. The molecule has 0 radical (unpaired) electrons. The molecular formula is C12H23ClN2O3. The van der Waals surface area contributed by atoms with Gasteiger partial charge < -0.3 is 20.1 Å². The van der Waals surface area contributed by atoms with Crippen LogP contribution in [0.1, 0.15) is 19.3 Å². The number of ether oxygens (including phenoxy) is 2. The maximum absolute atomic E-state index is 12.2. The first-order chi connectivity index (χ1) is 8.24. The number of carbonyl (C=O) groups excluding carboxylic acids is 1. The van der Waals surface area contributed by atoms with Gasteiger partial charge in [-0.05, 0) is 19.3 Å².